The fraction of sp³-hybridized carbons (Fsp3) is 0.786. The molecule has 0 heterocycles. The molecule has 5 heteroatoms. The number of ether oxygens (including phenoxy) is 1. The van der Waals surface area contributed by atoms with Gasteiger partial charge >= 0.3 is 0 Å². The molecule has 1 rings (SSSR count). The highest BCUT2D eigenvalue weighted by molar-refractivity contribution is 7.89. The number of rotatable bonds is 19. The predicted octanol–water partition coefficient (Wildman–Crippen LogP) is 8.27. The van der Waals surface area contributed by atoms with Gasteiger partial charge in [0.1, 0.15) is 10.6 Å². The van der Waals surface area contributed by atoms with Gasteiger partial charge in [-0.1, -0.05) is 130 Å². The Morgan fingerprint density at radius 2 is 1.15 bits per heavy atom. The van der Waals surface area contributed by atoms with Gasteiger partial charge in [0.25, 0.3) is 0 Å². The van der Waals surface area contributed by atoms with E-state index in [9.17, 15) is 8.42 Å². The average Bonchev–Trinajstić information content (AvgIpc) is 2.74. The van der Waals surface area contributed by atoms with Gasteiger partial charge in [-0.2, -0.15) is 0 Å². The standard InChI is InChI=1S/C28H51NO3S/c1-5-6-7-8-9-10-11-12-13-14-15-16-17-18-19-20-23-32-26-22-21-25(28(2,3)4)24-27(26)33(29,30)31/h21-22,24H,5-20,23H2,1-4H3,(H2,29,30,31). The van der Waals surface area contributed by atoms with Crippen LogP contribution in [0.1, 0.15) is 136 Å². The zero-order chi connectivity index (χ0) is 24.6. The van der Waals surface area contributed by atoms with Crippen LogP contribution in [0.2, 0.25) is 0 Å². The summed E-state index contributed by atoms with van der Waals surface area (Å²) in [5.74, 6) is 0.367. The SMILES string of the molecule is CCCCCCCCCCCCCCCCCCOc1ccc(C(C)(C)C)cc1S(N)(=O)=O. The summed E-state index contributed by atoms with van der Waals surface area (Å²) < 4.78 is 29.8. The van der Waals surface area contributed by atoms with E-state index in [0.29, 0.717) is 12.4 Å². The maximum Gasteiger partial charge on any atom is 0.241 e. The number of unbranched alkanes of at least 4 members (excludes halogenated alkanes) is 15. The van der Waals surface area contributed by atoms with E-state index in [2.05, 4.69) is 6.92 Å². The van der Waals surface area contributed by atoms with Crippen molar-refractivity contribution in [3.05, 3.63) is 23.8 Å². The first-order valence-corrected chi connectivity index (χ1v) is 15.0. The second-order valence-corrected chi connectivity index (χ2v) is 12.1. The summed E-state index contributed by atoms with van der Waals surface area (Å²) in [6.07, 6.45) is 21.2. The van der Waals surface area contributed by atoms with Gasteiger partial charge in [-0.05, 0) is 29.5 Å². The Kier molecular flexibility index (Phi) is 15.0. The van der Waals surface area contributed by atoms with Crippen LogP contribution < -0.4 is 9.88 Å². The number of benzene rings is 1. The number of sulfonamides is 1. The van der Waals surface area contributed by atoms with E-state index in [1.165, 1.54) is 89.9 Å². The third-order valence-electron chi connectivity index (χ3n) is 6.37. The molecular weight excluding hydrogens is 430 g/mol. The Labute approximate surface area is 205 Å². The van der Waals surface area contributed by atoms with Gasteiger partial charge in [0.15, 0.2) is 0 Å². The fourth-order valence-corrected chi connectivity index (χ4v) is 4.85. The molecular formula is C28H51NO3S. The molecule has 0 aromatic heterocycles. The molecule has 192 valence electrons. The highest BCUT2D eigenvalue weighted by Gasteiger charge is 2.21. The molecule has 0 radical (unpaired) electrons. The normalized spacial score (nSPS) is 12.3. The van der Waals surface area contributed by atoms with Crippen molar-refractivity contribution in [2.24, 2.45) is 5.14 Å². The van der Waals surface area contributed by atoms with Crippen molar-refractivity contribution in [3.8, 4) is 5.75 Å². The maximum atomic E-state index is 12.0. The smallest absolute Gasteiger partial charge is 0.241 e. The van der Waals surface area contributed by atoms with Crippen LogP contribution in [0, 0.1) is 0 Å². The molecule has 1 aromatic rings. The highest BCUT2D eigenvalue weighted by atomic mass is 32.2. The van der Waals surface area contributed by atoms with Crippen LogP contribution in [0.15, 0.2) is 23.1 Å². The van der Waals surface area contributed by atoms with E-state index < -0.39 is 10.0 Å². The number of nitrogens with two attached hydrogens (primary N) is 1. The molecule has 0 spiro atoms. The third kappa shape index (κ3) is 14.0. The molecule has 1 aromatic carbocycles. The Bertz CT molecular complexity index is 738. The topological polar surface area (TPSA) is 69.4 Å². The lowest BCUT2D eigenvalue weighted by molar-refractivity contribution is 0.296. The summed E-state index contributed by atoms with van der Waals surface area (Å²) in [5, 5.41) is 5.43. The van der Waals surface area contributed by atoms with Crippen molar-refractivity contribution >= 4 is 10.0 Å². The van der Waals surface area contributed by atoms with Crippen LogP contribution in [0.5, 0.6) is 5.75 Å². The van der Waals surface area contributed by atoms with Crippen molar-refractivity contribution in [1.82, 2.24) is 0 Å². The zero-order valence-corrected chi connectivity index (χ0v) is 22.8. The highest BCUT2D eigenvalue weighted by Crippen LogP contribution is 2.30. The van der Waals surface area contributed by atoms with Gasteiger partial charge in [-0.3, -0.25) is 0 Å². The number of hydrogen-bond acceptors (Lipinski definition) is 3. The summed E-state index contributed by atoms with van der Waals surface area (Å²) in [5.41, 5.74) is 0.785. The van der Waals surface area contributed by atoms with Crippen molar-refractivity contribution in [2.45, 2.75) is 141 Å². The molecule has 0 bridgehead atoms. The molecule has 0 unspecified atom stereocenters. The Balaban J connectivity index is 2.09. The lowest BCUT2D eigenvalue weighted by Crippen LogP contribution is -2.17. The number of hydrogen-bond donors (Lipinski definition) is 1. The van der Waals surface area contributed by atoms with Gasteiger partial charge in [0.2, 0.25) is 10.0 Å². The summed E-state index contributed by atoms with van der Waals surface area (Å²) in [4.78, 5) is 0.0893. The van der Waals surface area contributed by atoms with Gasteiger partial charge < -0.3 is 4.74 Å². The second kappa shape index (κ2) is 16.5. The molecule has 0 aliphatic rings. The zero-order valence-electron chi connectivity index (χ0n) is 22.0. The van der Waals surface area contributed by atoms with Gasteiger partial charge in [-0.25, -0.2) is 13.6 Å². The minimum Gasteiger partial charge on any atom is -0.492 e. The lowest BCUT2D eigenvalue weighted by Gasteiger charge is -2.21. The predicted molar refractivity (Wildman–Crippen MR) is 142 cm³/mol. The summed E-state index contributed by atoms with van der Waals surface area (Å²) >= 11 is 0. The fourth-order valence-electron chi connectivity index (χ4n) is 4.15. The quantitative estimate of drug-likeness (QED) is 0.202. The Hall–Kier alpha value is -1.07. The molecule has 0 aliphatic carbocycles. The Morgan fingerprint density at radius 1 is 0.727 bits per heavy atom. The summed E-state index contributed by atoms with van der Waals surface area (Å²) in [6.45, 7) is 8.94. The first kappa shape index (κ1) is 30.0. The maximum absolute atomic E-state index is 12.0. The molecule has 4 nitrogen and oxygen atoms in total. The monoisotopic (exact) mass is 481 g/mol. The van der Waals surface area contributed by atoms with Gasteiger partial charge in [0.05, 0.1) is 6.61 Å². The minimum absolute atomic E-state index is 0.0893. The van der Waals surface area contributed by atoms with E-state index in [1.54, 1.807) is 12.1 Å². The van der Waals surface area contributed by atoms with Crippen LogP contribution in [-0.2, 0) is 15.4 Å². The van der Waals surface area contributed by atoms with Crippen LogP contribution in [0.3, 0.4) is 0 Å². The van der Waals surface area contributed by atoms with E-state index in [1.807, 2.05) is 26.8 Å². The largest absolute Gasteiger partial charge is 0.492 e. The first-order valence-electron chi connectivity index (χ1n) is 13.5. The lowest BCUT2D eigenvalue weighted by atomic mass is 9.87. The van der Waals surface area contributed by atoms with Crippen molar-refractivity contribution in [3.63, 3.8) is 0 Å². The first-order chi connectivity index (χ1) is 15.7. The van der Waals surface area contributed by atoms with Crippen molar-refractivity contribution < 1.29 is 13.2 Å². The van der Waals surface area contributed by atoms with E-state index in [-0.39, 0.29) is 10.3 Å². The summed E-state index contributed by atoms with van der Waals surface area (Å²) in [7, 11) is -3.81. The molecule has 0 saturated heterocycles. The van der Waals surface area contributed by atoms with Gasteiger partial charge in [-0.15, -0.1) is 0 Å². The average molecular weight is 482 g/mol. The van der Waals surface area contributed by atoms with Crippen molar-refractivity contribution in [2.75, 3.05) is 6.61 Å². The van der Waals surface area contributed by atoms with E-state index in [4.69, 9.17) is 9.88 Å². The number of primary sulfonamides is 1. The molecule has 0 amide bonds. The molecule has 2 N–H and O–H groups in total. The molecule has 0 aliphatic heterocycles. The van der Waals surface area contributed by atoms with Crippen LogP contribution in [0.4, 0.5) is 0 Å². The third-order valence-corrected chi connectivity index (χ3v) is 7.30. The van der Waals surface area contributed by atoms with Crippen molar-refractivity contribution in [1.29, 1.82) is 0 Å². The van der Waals surface area contributed by atoms with Gasteiger partial charge in [0, 0.05) is 0 Å². The van der Waals surface area contributed by atoms with Crippen LogP contribution in [0.25, 0.3) is 0 Å². The second-order valence-electron chi connectivity index (χ2n) is 10.6. The summed E-state index contributed by atoms with van der Waals surface area (Å²) in [6, 6.07) is 5.32. The molecule has 0 saturated carbocycles. The molecule has 0 atom stereocenters. The Morgan fingerprint density at radius 3 is 1.55 bits per heavy atom. The minimum atomic E-state index is -3.81. The van der Waals surface area contributed by atoms with Crippen LogP contribution >= 0.6 is 0 Å². The molecule has 33 heavy (non-hydrogen) atoms. The van der Waals surface area contributed by atoms with E-state index >= 15 is 0 Å². The molecule has 0 fully saturated rings. The van der Waals surface area contributed by atoms with Crippen LogP contribution in [-0.4, -0.2) is 15.0 Å². The van der Waals surface area contributed by atoms with E-state index in [0.717, 1.165) is 18.4 Å².